The van der Waals surface area contributed by atoms with Gasteiger partial charge in [0.15, 0.2) is 5.79 Å². The van der Waals surface area contributed by atoms with Crippen LogP contribution in [-0.2, 0) is 14.0 Å². The minimum absolute atomic E-state index is 0.173. The second-order valence-electron chi connectivity index (χ2n) is 6.61. The SMILES string of the molecule is CCC[C@@H]1OC(C)(C)O[C@@H]1C(C)/C=C\C[C@@H](C)CPOC. The summed E-state index contributed by atoms with van der Waals surface area (Å²) in [6, 6.07) is 0. The zero-order valence-electron chi connectivity index (χ0n) is 14.5. The van der Waals surface area contributed by atoms with Crippen molar-refractivity contribution in [3.05, 3.63) is 12.2 Å². The van der Waals surface area contributed by atoms with Crippen molar-refractivity contribution < 1.29 is 14.0 Å². The largest absolute Gasteiger partial charge is 0.366 e. The van der Waals surface area contributed by atoms with Gasteiger partial charge in [-0.3, -0.25) is 0 Å². The predicted molar refractivity (Wildman–Crippen MR) is 91.0 cm³/mol. The lowest BCUT2D eigenvalue weighted by atomic mass is 9.96. The molecule has 1 fully saturated rings. The number of hydrogen-bond donors (Lipinski definition) is 0. The maximum Gasteiger partial charge on any atom is 0.163 e. The summed E-state index contributed by atoms with van der Waals surface area (Å²) >= 11 is 0. The highest BCUT2D eigenvalue weighted by atomic mass is 31.1. The van der Waals surface area contributed by atoms with E-state index in [-0.39, 0.29) is 12.2 Å². The van der Waals surface area contributed by atoms with E-state index >= 15 is 0 Å². The lowest BCUT2D eigenvalue weighted by Crippen LogP contribution is -2.28. The number of allylic oxidation sites excluding steroid dienone is 1. The summed E-state index contributed by atoms with van der Waals surface area (Å²) < 4.78 is 17.3. The smallest absolute Gasteiger partial charge is 0.163 e. The van der Waals surface area contributed by atoms with Gasteiger partial charge >= 0.3 is 0 Å². The molecule has 0 aliphatic carbocycles. The molecule has 1 saturated heterocycles. The minimum atomic E-state index is -0.445. The molecule has 124 valence electrons. The van der Waals surface area contributed by atoms with Crippen molar-refractivity contribution in [3.8, 4) is 0 Å². The van der Waals surface area contributed by atoms with Crippen LogP contribution in [0.3, 0.4) is 0 Å². The molecular formula is C17H33O3P. The molecule has 0 bridgehead atoms. The predicted octanol–water partition coefficient (Wildman–Crippen LogP) is 4.77. The van der Waals surface area contributed by atoms with Gasteiger partial charge in [-0.05, 0) is 38.8 Å². The fourth-order valence-electron chi connectivity index (χ4n) is 2.76. The Morgan fingerprint density at radius 2 is 2.00 bits per heavy atom. The summed E-state index contributed by atoms with van der Waals surface area (Å²) in [6.07, 6.45) is 9.44. The van der Waals surface area contributed by atoms with Crippen LogP contribution in [0.2, 0.25) is 0 Å². The highest BCUT2D eigenvalue weighted by Gasteiger charge is 2.42. The maximum absolute atomic E-state index is 6.11. The topological polar surface area (TPSA) is 27.7 Å². The fourth-order valence-corrected chi connectivity index (χ4v) is 3.38. The van der Waals surface area contributed by atoms with Crippen molar-refractivity contribution in [1.29, 1.82) is 0 Å². The van der Waals surface area contributed by atoms with Gasteiger partial charge in [0.1, 0.15) is 0 Å². The number of hydrogen-bond acceptors (Lipinski definition) is 3. The van der Waals surface area contributed by atoms with E-state index in [1.54, 1.807) is 7.11 Å². The molecule has 0 amide bonds. The van der Waals surface area contributed by atoms with Crippen LogP contribution in [-0.4, -0.2) is 31.3 Å². The molecule has 3 nitrogen and oxygen atoms in total. The van der Waals surface area contributed by atoms with Crippen LogP contribution in [0.5, 0.6) is 0 Å². The third-order valence-corrected chi connectivity index (χ3v) is 5.02. The summed E-state index contributed by atoms with van der Waals surface area (Å²) in [7, 11) is 2.39. The van der Waals surface area contributed by atoms with E-state index < -0.39 is 5.79 Å². The molecule has 0 aromatic rings. The molecule has 0 aromatic heterocycles. The maximum atomic E-state index is 6.11. The van der Waals surface area contributed by atoms with E-state index in [0.717, 1.165) is 25.4 Å². The molecule has 21 heavy (non-hydrogen) atoms. The molecule has 1 aliphatic heterocycles. The minimum Gasteiger partial charge on any atom is -0.366 e. The van der Waals surface area contributed by atoms with Crippen LogP contribution in [0.25, 0.3) is 0 Å². The fraction of sp³-hybridized carbons (Fsp3) is 0.882. The van der Waals surface area contributed by atoms with E-state index in [1.165, 1.54) is 0 Å². The molecule has 1 rings (SSSR count). The summed E-state index contributed by atoms with van der Waals surface area (Å²) in [5.74, 6) is 0.621. The van der Waals surface area contributed by atoms with Crippen molar-refractivity contribution in [2.75, 3.05) is 13.3 Å². The van der Waals surface area contributed by atoms with Crippen molar-refractivity contribution in [3.63, 3.8) is 0 Å². The highest BCUT2D eigenvalue weighted by Crippen LogP contribution is 2.34. The third kappa shape index (κ3) is 6.78. The van der Waals surface area contributed by atoms with Crippen LogP contribution in [0.4, 0.5) is 0 Å². The Bertz CT molecular complexity index is 317. The molecule has 1 heterocycles. The Labute approximate surface area is 132 Å². The third-order valence-electron chi connectivity index (χ3n) is 3.87. The van der Waals surface area contributed by atoms with Crippen molar-refractivity contribution >= 4 is 8.81 Å². The van der Waals surface area contributed by atoms with Crippen molar-refractivity contribution in [2.24, 2.45) is 11.8 Å². The summed E-state index contributed by atoms with van der Waals surface area (Å²) in [5, 5.41) is 0. The molecule has 2 unspecified atom stereocenters. The van der Waals surface area contributed by atoms with Gasteiger partial charge in [-0.15, -0.1) is 0 Å². The second kappa shape index (κ2) is 9.25. The molecule has 0 aromatic carbocycles. The lowest BCUT2D eigenvalue weighted by molar-refractivity contribution is -0.149. The number of ether oxygens (including phenoxy) is 2. The molecule has 0 N–H and O–H groups in total. The normalized spacial score (nSPS) is 28.7. The molecule has 0 radical (unpaired) electrons. The van der Waals surface area contributed by atoms with Gasteiger partial charge in [-0.1, -0.05) is 39.3 Å². The average Bonchev–Trinajstić information content (AvgIpc) is 2.72. The van der Waals surface area contributed by atoms with E-state index in [4.69, 9.17) is 14.0 Å². The Kier molecular flexibility index (Phi) is 8.41. The Morgan fingerprint density at radius 1 is 1.29 bits per heavy atom. The van der Waals surface area contributed by atoms with E-state index in [1.807, 2.05) is 13.8 Å². The van der Waals surface area contributed by atoms with Gasteiger partial charge in [-0.25, -0.2) is 0 Å². The van der Waals surface area contributed by atoms with Crippen molar-refractivity contribution in [2.45, 2.75) is 71.9 Å². The average molecular weight is 316 g/mol. The van der Waals surface area contributed by atoms with E-state index in [9.17, 15) is 0 Å². The first-order valence-electron chi connectivity index (χ1n) is 8.17. The van der Waals surface area contributed by atoms with Gasteiger partial charge in [-0.2, -0.15) is 0 Å². The van der Waals surface area contributed by atoms with Crippen molar-refractivity contribution in [1.82, 2.24) is 0 Å². The van der Waals surface area contributed by atoms with E-state index in [2.05, 4.69) is 32.9 Å². The quantitative estimate of drug-likeness (QED) is 0.453. The molecule has 1 aliphatic rings. The van der Waals surface area contributed by atoms with Gasteiger partial charge in [0.05, 0.1) is 12.2 Å². The first-order chi connectivity index (χ1) is 9.89. The van der Waals surface area contributed by atoms with Crippen LogP contribution >= 0.6 is 8.81 Å². The standard InChI is InChI=1S/C17H33O3P/c1-7-9-15-16(20-17(4,5)19-15)14(3)11-8-10-13(2)12-21-18-6/h8,11,13-16,21H,7,9-10,12H2,1-6H3/b11-8-/t13-,14?,15+,16-/m1/s1. The molecular weight excluding hydrogens is 283 g/mol. The summed E-state index contributed by atoms with van der Waals surface area (Å²) in [5.41, 5.74) is 0. The monoisotopic (exact) mass is 316 g/mol. The lowest BCUT2D eigenvalue weighted by Gasteiger charge is -2.21. The van der Waals surface area contributed by atoms with E-state index in [0.29, 0.717) is 20.6 Å². The summed E-state index contributed by atoms with van der Waals surface area (Å²) in [4.78, 5) is 0. The van der Waals surface area contributed by atoms with Crippen LogP contribution in [0.15, 0.2) is 12.2 Å². The van der Waals surface area contributed by atoms with Gasteiger partial charge < -0.3 is 14.0 Å². The molecule has 4 heteroatoms. The Balaban J connectivity index is 2.47. The zero-order valence-corrected chi connectivity index (χ0v) is 15.5. The summed E-state index contributed by atoms with van der Waals surface area (Å²) in [6.45, 7) is 10.7. The first kappa shape index (κ1) is 19.1. The highest BCUT2D eigenvalue weighted by molar-refractivity contribution is 7.32. The second-order valence-corrected chi connectivity index (χ2v) is 7.71. The van der Waals surface area contributed by atoms with Crippen LogP contribution < -0.4 is 0 Å². The number of rotatable bonds is 9. The van der Waals surface area contributed by atoms with Gasteiger partial charge in [0.25, 0.3) is 0 Å². The molecule has 5 atom stereocenters. The van der Waals surface area contributed by atoms with Crippen LogP contribution in [0.1, 0.15) is 53.9 Å². The van der Waals surface area contributed by atoms with Gasteiger partial charge in [0, 0.05) is 21.8 Å². The first-order valence-corrected chi connectivity index (χ1v) is 9.29. The molecule has 0 spiro atoms. The Hall–Kier alpha value is 0.0500. The van der Waals surface area contributed by atoms with Crippen LogP contribution in [0, 0.1) is 11.8 Å². The zero-order chi connectivity index (χ0) is 15.9. The van der Waals surface area contributed by atoms with Gasteiger partial charge in [0.2, 0.25) is 0 Å². The Morgan fingerprint density at radius 3 is 2.62 bits per heavy atom. The molecule has 0 saturated carbocycles.